The summed E-state index contributed by atoms with van der Waals surface area (Å²) in [6.07, 6.45) is 0.758. The zero-order valence-electron chi connectivity index (χ0n) is 8.19. The monoisotopic (exact) mass is 241 g/mol. The number of fused-ring (bicyclic) bond motifs is 1. The quantitative estimate of drug-likeness (QED) is 0.654. The van der Waals surface area contributed by atoms with Crippen molar-refractivity contribution >= 4 is 26.2 Å². The van der Waals surface area contributed by atoms with E-state index in [0.717, 1.165) is 11.1 Å². The van der Waals surface area contributed by atoms with Crippen molar-refractivity contribution in [1.82, 2.24) is 15.2 Å². The third-order valence-corrected chi connectivity index (χ3v) is 2.47. The fraction of sp³-hybridized carbons (Fsp3) is 0.125. The van der Waals surface area contributed by atoms with Gasteiger partial charge in [0.15, 0.2) is 0 Å². The van der Waals surface area contributed by atoms with Crippen LogP contribution in [0, 0.1) is 0 Å². The molecule has 0 amide bonds. The highest BCUT2D eigenvalue weighted by Crippen LogP contribution is 2.08. The summed E-state index contributed by atoms with van der Waals surface area (Å²) in [6.45, 7) is 0. The van der Waals surface area contributed by atoms with E-state index in [2.05, 4.69) is 15.1 Å². The zero-order chi connectivity index (χ0) is 11.8. The van der Waals surface area contributed by atoms with Gasteiger partial charge in [0.2, 0.25) is 9.84 Å². The van der Waals surface area contributed by atoms with Crippen LogP contribution in [0.2, 0.25) is 0 Å². The molecule has 0 spiro atoms. The molecule has 0 N–H and O–H groups in total. The SMILES string of the molecule is CS(=O)(=O)C(=O)On1nnc2ccccc21. The molecule has 0 saturated carbocycles. The number of benzene rings is 1. The highest BCUT2D eigenvalue weighted by molar-refractivity contribution is 8.05. The lowest BCUT2D eigenvalue weighted by Gasteiger charge is -2.00. The molecule has 0 aliphatic heterocycles. The number of sulfone groups is 1. The Morgan fingerprint density at radius 2 is 2.06 bits per heavy atom. The van der Waals surface area contributed by atoms with Crippen LogP contribution in [0.25, 0.3) is 11.0 Å². The number of nitrogens with zero attached hydrogens (tertiary/aromatic N) is 3. The number of hydrogen-bond acceptors (Lipinski definition) is 6. The summed E-state index contributed by atoms with van der Waals surface area (Å²) in [4.78, 5) is 16.4. The van der Waals surface area contributed by atoms with Crippen LogP contribution in [-0.2, 0) is 9.84 Å². The Balaban J connectivity index is 2.39. The van der Waals surface area contributed by atoms with Gasteiger partial charge in [-0.25, -0.2) is 13.2 Å². The average Bonchev–Trinajstić information content (AvgIpc) is 2.61. The molecule has 1 aromatic heterocycles. The van der Waals surface area contributed by atoms with Crippen molar-refractivity contribution < 1.29 is 18.0 Å². The van der Waals surface area contributed by atoms with Gasteiger partial charge in [0.05, 0.1) is 6.26 Å². The number of carbonyl (C=O) groups excluding carboxylic acids is 1. The maximum atomic E-state index is 11.1. The number of hydrogen-bond donors (Lipinski definition) is 0. The van der Waals surface area contributed by atoms with E-state index in [1.165, 1.54) is 0 Å². The van der Waals surface area contributed by atoms with Gasteiger partial charge in [-0.3, -0.25) is 0 Å². The Labute approximate surface area is 90.5 Å². The predicted octanol–water partition coefficient (Wildman–Crippen LogP) is 0.0245. The van der Waals surface area contributed by atoms with Crippen LogP contribution in [0.4, 0.5) is 4.79 Å². The predicted molar refractivity (Wildman–Crippen MR) is 54.3 cm³/mol. The molecule has 2 rings (SSSR count). The smallest absolute Gasteiger partial charge is 0.302 e. The molecular weight excluding hydrogens is 234 g/mol. The van der Waals surface area contributed by atoms with E-state index in [4.69, 9.17) is 0 Å². The molecule has 0 atom stereocenters. The van der Waals surface area contributed by atoms with Gasteiger partial charge in [-0.05, 0) is 17.3 Å². The van der Waals surface area contributed by atoms with E-state index in [0.29, 0.717) is 11.0 Å². The summed E-state index contributed by atoms with van der Waals surface area (Å²) in [5, 5.41) is 5.83. The summed E-state index contributed by atoms with van der Waals surface area (Å²) in [7, 11) is -3.90. The van der Waals surface area contributed by atoms with E-state index in [9.17, 15) is 13.2 Å². The number of rotatable bonds is 1. The molecule has 0 aliphatic rings. The highest BCUT2D eigenvalue weighted by atomic mass is 32.2. The van der Waals surface area contributed by atoms with Crippen molar-refractivity contribution in [2.75, 3.05) is 6.26 Å². The molecule has 0 unspecified atom stereocenters. The van der Waals surface area contributed by atoms with Crippen LogP contribution in [-0.4, -0.2) is 35.1 Å². The van der Waals surface area contributed by atoms with Crippen molar-refractivity contribution in [3.8, 4) is 0 Å². The second-order valence-electron chi connectivity index (χ2n) is 3.06. The summed E-state index contributed by atoms with van der Waals surface area (Å²) < 4.78 is 21.7. The molecule has 0 bridgehead atoms. The molecule has 8 heteroatoms. The van der Waals surface area contributed by atoms with Crippen LogP contribution in [0.15, 0.2) is 24.3 Å². The minimum atomic E-state index is -3.90. The fourth-order valence-electron chi connectivity index (χ4n) is 1.05. The maximum Gasteiger partial charge on any atom is 0.450 e. The molecule has 2 aromatic rings. The zero-order valence-corrected chi connectivity index (χ0v) is 9.01. The lowest BCUT2D eigenvalue weighted by atomic mass is 10.3. The molecule has 7 nitrogen and oxygen atoms in total. The molecule has 1 heterocycles. The Kier molecular flexibility index (Phi) is 2.35. The Morgan fingerprint density at radius 3 is 2.75 bits per heavy atom. The topological polar surface area (TPSA) is 91.2 Å². The first-order chi connectivity index (χ1) is 7.48. The molecule has 0 fully saturated rings. The molecule has 0 saturated heterocycles. The van der Waals surface area contributed by atoms with Crippen LogP contribution >= 0.6 is 0 Å². The van der Waals surface area contributed by atoms with Crippen LogP contribution in [0.5, 0.6) is 0 Å². The molecular formula is C8H7N3O4S. The third kappa shape index (κ3) is 1.87. The lowest BCUT2D eigenvalue weighted by molar-refractivity contribution is 0.143. The second kappa shape index (κ2) is 3.56. The van der Waals surface area contributed by atoms with Crippen molar-refractivity contribution in [3.05, 3.63) is 24.3 Å². The van der Waals surface area contributed by atoms with Crippen LogP contribution in [0.1, 0.15) is 0 Å². The average molecular weight is 241 g/mol. The lowest BCUT2D eigenvalue weighted by Crippen LogP contribution is -2.26. The minimum absolute atomic E-state index is 0.416. The standard InChI is InChI=1S/C8H7N3O4S/c1-16(13,14)8(12)15-11-7-5-3-2-4-6(7)9-10-11/h2-5H,1H3. The number of carbonyl (C=O) groups is 1. The first-order valence-corrected chi connectivity index (χ1v) is 6.10. The van der Waals surface area contributed by atoms with Gasteiger partial charge in [0.25, 0.3) is 0 Å². The van der Waals surface area contributed by atoms with Crippen LogP contribution in [0.3, 0.4) is 0 Å². The van der Waals surface area contributed by atoms with Gasteiger partial charge in [-0.15, -0.1) is 5.10 Å². The summed E-state index contributed by atoms with van der Waals surface area (Å²) in [5.41, 5.74) is 0.920. The first kappa shape index (κ1) is 10.6. The van der Waals surface area contributed by atoms with Crippen molar-refractivity contribution in [1.29, 1.82) is 0 Å². The van der Waals surface area contributed by atoms with E-state index in [1.807, 2.05) is 0 Å². The van der Waals surface area contributed by atoms with Gasteiger partial charge in [-0.1, -0.05) is 17.0 Å². The van der Waals surface area contributed by atoms with Gasteiger partial charge in [0, 0.05) is 0 Å². The Hall–Kier alpha value is -1.96. The maximum absolute atomic E-state index is 11.1. The summed E-state index contributed by atoms with van der Waals surface area (Å²) >= 11 is 0. The number of aromatic nitrogens is 3. The molecule has 0 aliphatic carbocycles. The molecule has 84 valence electrons. The Morgan fingerprint density at radius 1 is 1.38 bits per heavy atom. The normalized spacial score (nSPS) is 11.6. The Bertz CT molecular complexity index is 646. The summed E-state index contributed by atoms with van der Waals surface area (Å²) in [6, 6.07) is 6.69. The fourth-order valence-corrected chi connectivity index (χ4v) is 1.26. The first-order valence-electron chi connectivity index (χ1n) is 4.21. The second-order valence-corrected chi connectivity index (χ2v) is 4.94. The van der Waals surface area contributed by atoms with Gasteiger partial charge < -0.3 is 4.84 Å². The van der Waals surface area contributed by atoms with E-state index in [1.54, 1.807) is 24.3 Å². The van der Waals surface area contributed by atoms with E-state index >= 15 is 0 Å². The minimum Gasteiger partial charge on any atom is -0.302 e. The molecule has 1 aromatic carbocycles. The van der Waals surface area contributed by atoms with Crippen molar-refractivity contribution in [3.63, 3.8) is 0 Å². The molecule has 16 heavy (non-hydrogen) atoms. The van der Waals surface area contributed by atoms with Crippen molar-refractivity contribution in [2.24, 2.45) is 0 Å². The van der Waals surface area contributed by atoms with E-state index < -0.39 is 15.1 Å². The third-order valence-electron chi connectivity index (χ3n) is 1.79. The van der Waals surface area contributed by atoms with Gasteiger partial charge in [-0.2, -0.15) is 0 Å². The van der Waals surface area contributed by atoms with Crippen molar-refractivity contribution in [2.45, 2.75) is 0 Å². The largest absolute Gasteiger partial charge is 0.450 e. The number of para-hydroxylation sites is 1. The van der Waals surface area contributed by atoms with Gasteiger partial charge >= 0.3 is 5.30 Å². The van der Waals surface area contributed by atoms with Crippen LogP contribution < -0.4 is 4.84 Å². The molecule has 0 radical (unpaired) electrons. The van der Waals surface area contributed by atoms with Gasteiger partial charge in [0.1, 0.15) is 11.0 Å². The van der Waals surface area contributed by atoms with E-state index in [-0.39, 0.29) is 0 Å². The highest BCUT2D eigenvalue weighted by Gasteiger charge is 2.20. The summed E-state index contributed by atoms with van der Waals surface area (Å²) in [5.74, 6) is 0.